The molecule has 1 N–H and O–H groups in total. The zero-order valence-electron chi connectivity index (χ0n) is 15.1. The first kappa shape index (κ1) is 20.0. The molecular weight excluding hydrogens is 364 g/mol. The Bertz CT molecular complexity index is 827. The summed E-state index contributed by atoms with van der Waals surface area (Å²) in [6, 6.07) is 4.48. The molecule has 142 valence electrons. The number of nitrogens with zero attached hydrogens (tertiary/aromatic N) is 1. The van der Waals surface area contributed by atoms with Crippen LogP contribution in [0.3, 0.4) is 0 Å². The predicted octanol–water partition coefficient (Wildman–Crippen LogP) is 2.09. The van der Waals surface area contributed by atoms with Crippen LogP contribution in [0.2, 0.25) is 0 Å². The number of hydrogen-bond acceptors (Lipinski definition) is 5. The van der Waals surface area contributed by atoms with E-state index in [1.165, 1.54) is 16.4 Å². The third-order valence-corrected chi connectivity index (χ3v) is 7.24. The molecule has 25 heavy (non-hydrogen) atoms. The largest absolute Gasteiger partial charge is 0.492 e. The summed E-state index contributed by atoms with van der Waals surface area (Å²) in [6.07, 6.45) is 1.36. The monoisotopic (exact) mass is 390 g/mol. The van der Waals surface area contributed by atoms with E-state index in [9.17, 15) is 16.8 Å². The Morgan fingerprint density at radius 1 is 1.24 bits per heavy atom. The van der Waals surface area contributed by atoms with Crippen LogP contribution >= 0.6 is 0 Å². The van der Waals surface area contributed by atoms with E-state index in [2.05, 4.69) is 4.72 Å². The molecule has 0 spiro atoms. The second kappa shape index (κ2) is 7.13. The molecule has 0 unspecified atom stereocenters. The van der Waals surface area contributed by atoms with Crippen molar-refractivity contribution >= 4 is 25.7 Å². The summed E-state index contributed by atoms with van der Waals surface area (Å²) in [5.41, 5.74) is -0.326. The van der Waals surface area contributed by atoms with Crippen LogP contribution in [0.4, 0.5) is 5.69 Å². The standard InChI is InChI=1S/C16H26N2O5S2/c1-5-23-14-9-8-13(18-10-6-7-11-24(18,19)20)12-15(14)25(21,22)17-16(2,3)4/h8-9,12,17H,5-7,10-11H2,1-4H3. The van der Waals surface area contributed by atoms with Crippen LogP contribution in [0.1, 0.15) is 40.5 Å². The maximum atomic E-state index is 12.8. The lowest BCUT2D eigenvalue weighted by Gasteiger charge is -2.29. The topological polar surface area (TPSA) is 92.8 Å². The van der Waals surface area contributed by atoms with Gasteiger partial charge in [-0.2, -0.15) is 0 Å². The lowest BCUT2D eigenvalue weighted by atomic mass is 10.1. The van der Waals surface area contributed by atoms with Gasteiger partial charge in [0, 0.05) is 12.1 Å². The molecule has 0 aliphatic carbocycles. The Morgan fingerprint density at radius 2 is 1.92 bits per heavy atom. The number of nitrogens with one attached hydrogen (secondary N) is 1. The van der Waals surface area contributed by atoms with Gasteiger partial charge in [0.25, 0.3) is 0 Å². The molecule has 0 amide bonds. The summed E-state index contributed by atoms with van der Waals surface area (Å²) >= 11 is 0. The van der Waals surface area contributed by atoms with Crippen molar-refractivity contribution in [3.8, 4) is 5.75 Å². The molecule has 0 bridgehead atoms. The fraction of sp³-hybridized carbons (Fsp3) is 0.625. The van der Waals surface area contributed by atoms with E-state index in [0.717, 1.165) is 6.42 Å². The average Bonchev–Trinajstić information content (AvgIpc) is 2.45. The van der Waals surface area contributed by atoms with Crippen molar-refractivity contribution in [2.75, 3.05) is 23.2 Å². The van der Waals surface area contributed by atoms with E-state index in [1.807, 2.05) is 0 Å². The lowest BCUT2D eigenvalue weighted by molar-refractivity contribution is 0.330. The first-order valence-corrected chi connectivity index (χ1v) is 11.4. The minimum absolute atomic E-state index is 0.0532. The Balaban J connectivity index is 2.54. The van der Waals surface area contributed by atoms with Crippen molar-refractivity contribution in [2.24, 2.45) is 0 Å². The zero-order valence-corrected chi connectivity index (χ0v) is 16.7. The fourth-order valence-corrected chi connectivity index (χ4v) is 5.89. The number of anilines is 1. The Kier molecular flexibility index (Phi) is 5.70. The van der Waals surface area contributed by atoms with Crippen molar-refractivity contribution in [3.63, 3.8) is 0 Å². The summed E-state index contributed by atoms with van der Waals surface area (Å²) in [7, 11) is -7.29. The number of sulfonamides is 2. The minimum atomic E-state index is -3.87. The van der Waals surface area contributed by atoms with Crippen LogP contribution in [-0.2, 0) is 20.0 Å². The quantitative estimate of drug-likeness (QED) is 0.831. The summed E-state index contributed by atoms with van der Waals surface area (Å²) in [6.45, 7) is 7.63. The Labute approximate surface area is 150 Å². The molecular formula is C16H26N2O5S2. The maximum Gasteiger partial charge on any atom is 0.244 e. The highest BCUT2D eigenvalue weighted by molar-refractivity contribution is 7.92. The highest BCUT2D eigenvalue weighted by Crippen LogP contribution is 2.32. The second-order valence-corrected chi connectivity index (χ2v) is 10.7. The molecule has 1 aromatic rings. The number of rotatable bonds is 5. The summed E-state index contributed by atoms with van der Waals surface area (Å²) in [5.74, 6) is 0.278. The van der Waals surface area contributed by atoms with Gasteiger partial charge < -0.3 is 4.74 Å². The van der Waals surface area contributed by atoms with Gasteiger partial charge in [0.05, 0.1) is 18.0 Å². The van der Waals surface area contributed by atoms with Crippen LogP contribution < -0.4 is 13.8 Å². The van der Waals surface area contributed by atoms with Gasteiger partial charge in [0.1, 0.15) is 10.6 Å². The molecule has 9 heteroatoms. The predicted molar refractivity (Wildman–Crippen MR) is 98.1 cm³/mol. The Hall–Kier alpha value is -1.32. The number of hydrogen-bond donors (Lipinski definition) is 1. The van der Waals surface area contributed by atoms with Gasteiger partial charge in [0.2, 0.25) is 20.0 Å². The summed E-state index contributed by atoms with van der Waals surface area (Å²) in [5, 5.41) is 0. The van der Waals surface area contributed by atoms with Crippen molar-refractivity contribution in [1.29, 1.82) is 0 Å². The molecule has 0 atom stereocenters. The van der Waals surface area contributed by atoms with Gasteiger partial charge >= 0.3 is 0 Å². The third kappa shape index (κ3) is 4.86. The molecule has 1 aromatic carbocycles. The lowest BCUT2D eigenvalue weighted by Crippen LogP contribution is -2.41. The molecule has 0 radical (unpaired) electrons. The first-order chi connectivity index (χ1) is 11.5. The highest BCUT2D eigenvalue weighted by Gasteiger charge is 2.30. The van der Waals surface area contributed by atoms with E-state index in [1.54, 1.807) is 33.8 Å². The van der Waals surface area contributed by atoms with Crippen LogP contribution in [0.5, 0.6) is 5.75 Å². The van der Waals surface area contributed by atoms with E-state index < -0.39 is 25.6 Å². The van der Waals surface area contributed by atoms with Gasteiger partial charge in [-0.05, 0) is 58.7 Å². The summed E-state index contributed by atoms with van der Waals surface area (Å²) < 4.78 is 59.5. The van der Waals surface area contributed by atoms with Crippen LogP contribution in [0.15, 0.2) is 23.1 Å². The summed E-state index contributed by atoms with van der Waals surface area (Å²) in [4.78, 5) is -0.0532. The molecule has 1 aliphatic rings. The normalized spacial score (nSPS) is 18.2. The maximum absolute atomic E-state index is 12.8. The number of benzene rings is 1. The highest BCUT2D eigenvalue weighted by atomic mass is 32.2. The van der Waals surface area contributed by atoms with Crippen molar-refractivity contribution in [1.82, 2.24) is 4.72 Å². The second-order valence-electron chi connectivity index (χ2n) is 7.01. The van der Waals surface area contributed by atoms with Crippen molar-refractivity contribution < 1.29 is 21.6 Å². The molecule has 1 fully saturated rings. The van der Waals surface area contributed by atoms with Crippen molar-refractivity contribution in [2.45, 2.75) is 51.0 Å². The van der Waals surface area contributed by atoms with Crippen LogP contribution in [-0.4, -0.2) is 41.3 Å². The van der Waals surface area contributed by atoms with Crippen LogP contribution in [0, 0.1) is 0 Å². The van der Waals surface area contributed by atoms with E-state index in [0.29, 0.717) is 25.3 Å². The van der Waals surface area contributed by atoms with Gasteiger partial charge in [-0.25, -0.2) is 21.6 Å². The first-order valence-electron chi connectivity index (χ1n) is 8.27. The number of ether oxygens (including phenoxy) is 1. The molecule has 0 saturated carbocycles. The van der Waals surface area contributed by atoms with E-state index >= 15 is 0 Å². The van der Waals surface area contributed by atoms with Crippen molar-refractivity contribution in [3.05, 3.63) is 18.2 Å². The molecule has 1 saturated heterocycles. The fourth-order valence-electron chi connectivity index (χ4n) is 2.67. The minimum Gasteiger partial charge on any atom is -0.492 e. The van der Waals surface area contributed by atoms with E-state index in [4.69, 9.17) is 4.74 Å². The molecule has 1 aliphatic heterocycles. The molecule has 2 rings (SSSR count). The van der Waals surface area contributed by atoms with Gasteiger partial charge in [-0.3, -0.25) is 4.31 Å². The third-order valence-electron chi connectivity index (χ3n) is 3.59. The smallest absolute Gasteiger partial charge is 0.244 e. The van der Waals surface area contributed by atoms with E-state index in [-0.39, 0.29) is 16.4 Å². The SMILES string of the molecule is CCOc1ccc(N2CCCCS2(=O)=O)cc1S(=O)(=O)NC(C)(C)C. The molecule has 1 heterocycles. The Morgan fingerprint density at radius 3 is 2.48 bits per heavy atom. The van der Waals surface area contributed by atoms with Gasteiger partial charge in [0.15, 0.2) is 0 Å². The molecule has 0 aromatic heterocycles. The average molecular weight is 391 g/mol. The van der Waals surface area contributed by atoms with Gasteiger partial charge in [-0.15, -0.1) is 0 Å². The van der Waals surface area contributed by atoms with Crippen LogP contribution in [0.25, 0.3) is 0 Å². The van der Waals surface area contributed by atoms with Gasteiger partial charge in [-0.1, -0.05) is 0 Å². The zero-order chi connectivity index (χ0) is 18.9. The molecule has 7 nitrogen and oxygen atoms in total.